The van der Waals surface area contributed by atoms with Crippen LogP contribution in [0.5, 0.6) is 0 Å². The minimum atomic E-state index is -0.529. The lowest BCUT2D eigenvalue weighted by Gasteiger charge is -2.46. The van der Waals surface area contributed by atoms with Crippen LogP contribution in [-0.4, -0.2) is 52.5 Å². The second-order valence-corrected chi connectivity index (χ2v) is 9.29. The number of carbonyl (C=O) groups excluding carboxylic acids is 1. The van der Waals surface area contributed by atoms with Crippen molar-refractivity contribution in [3.63, 3.8) is 0 Å². The number of benzene rings is 1. The zero-order chi connectivity index (χ0) is 19.3. The Hall–Kier alpha value is -1.83. The number of hydrogen-bond donors (Lipinski definition) is 1. The molecule has 2 N–H and O–H groups in total. The lowest BCUT2D eigenvalue weighted by molar-refractivity contribution is -0.133. The van der Waals surface area contributed by atoms with Gasteiger partial charge in [0.15, 0.2) is 0 Å². The van der Waals surface area contributed by atoms with Gasteiger partial charge in [0.1, 0.15) is 12.1 Å². The van der Waals surface area contributed by atoms with E-state index in [1.54, 1.807) is 6.33 Å². The van der Waals surface area contributed by atoms with Crippen LogP contribution in [0.1, 0.15) is 28.5 Å². The summed E-state index contributed by atoms with van der Waals surface area (Å²) < 4.78 is 0. The molecule has 0 radical (unpaired) electrons. The number of rotatable bonds is 3. The van der Waals surface area contributed by atoms with Crippen molar-refractivity contribution >= 4 is 35.1 Å². The van der Waals surface area contributed by atoms with E-state index >= 15 is 0 Å². The average molecular weight is 416 g/mol. The molecule has 8 heteroatoms. The van der Waals surface area contributed by atoms with Gasteiger partial charge in [0.05, 0.1) is 11.7 Å². The fourth-order valence-corrected chi connectivity index (χ4v) is 6.00. The van der Waals surface area contributed by atoms with Crippen LogP contribution in [0.3, 0.4) is 0 Å². The first-order chi connectivity index (χ1) is 13.6. The number of amides is 1. The van der Waals surface area contributed by atoms with Gasteiger partial charge in [-0.3, -0.25) is 4.79 Å². The second kappa shape index (κ2) is 7.21. The highest BCUT2D eigenvalue weighted by molar-refractivity contribution is 7.99. The number of anilines is 1. The van der Waals surface area contributed by atoms with Crippen molar-refractivity contribution in [2.75, 3.05) is 24.5 Å². The van der Waals surface area contributed by atoms with Crippen molar-refractivity contribution in [1.82, 2.24) is 14.9 Å². The van der Waals surface area contributed by atoms with E-state index in [-0.39, 0.29) is 5.91 Å². The van der Waals surface area contributed by atoms with Crippen molar-refractivity contribution in [1.29, 1.82) is 0 Å². The van der Waals surface area contributed by atoms with Gasteiger partial charge in [-0.2, -0.15) is 0 Å². The molecule has 0 unspecified atom stereocenters. The molecule has 2 aromatic rings. The first kappa shape index (κ1) is 18.2. The number of hydrogen-bond acceptors (Lipinski definition) is 6. The van der Waals surface area contributed by atoms with Crippen LogP contribution in [-0.2, 0) is 17.0 Å². The third kappa shape index (κ3) is 3.15. The Morgan fingerprint density at radius 1 is 1.29 bits per heavy atom. The van der Waals surface area contributed by atoms with E-state index in [1.807, 2.05) is 40.9 Å². The van der Waals surface area contributed by atoms with Gasteiger partial charge >= 0.3 is 0 Å². The molecule has 0 aliphatic carbocycles. The summed E-state index contributed by atoms with van der Waals surface area (Å²) in [6.07, 6.45) is 3.24. The number of piperazine rings is 1. The summed E-state index contributed by atoms with van der Waals surface area (Å²) in [4.78, 5) is 26.3. The van der Waals surface area contributed by atoms with Crippen LogP contribution >= 0.6 is 23.4 Å². The SMILES string of the molecule is N[C@H](Cc1ccc(Cl)cc1)C(=O)N1CCN2c3ncnc4c3[C@@H](C[C@H]2C1)SC4. The molecule has 1 amide bonds. The fourth-order valence-electron chi connectivity index (χ4n) is 4.52. The maximum atomic E-state index is 13.0. The van der Waals surface area contributed by atoms with Crippen molar-refractivity contribution < 1.29 is 4.79 Å². The molecule has 1 saturated heterocycles. The number of nitrogens with two attached hydrogens (primary N) is 1. The van der Waals surface area contributed by atoms with Crippen molar-refractivity contribution in [3.8, 4) is 0 Å². The van der Waals surface area contributed by atoms with Gasteiger partial charge < -0.3 is 15.5 Å². The van der Waals surface area contributed by atoms with Gasteiger partial charge in [-0.05, 0) is 30.5 Å². The van der Waals surface area contributed by atoms with Gasteiger partial charge in [-0.1, -0.05) is 23.7 Å². The highest BCUT2D eigenvalue weighted by Crippen LogP contribution is 2.51. The van der Waals surface area contributed by atoms with Gasteiger partial charge in [0, 0.05) is 47.3 Å². The lowest BCUT2D eigenvalue weighted by atomic mass is 9.94. The fraction of sp³-hybridized carbons (Fsp3) is 0.450. The highest BCUT2D eigenvalue weighted by Gasteiger charge is 2.42. The van der Waals surface area contributed by atoms with E-state index in [1.165, 1.54) is 11.3 Å². The number of aromatic nitrogens is 2. The zero-order valence-corrected chi connectivity index (χ0v) is 17.0. The van der Waals surface area contributed by atoms with E-state index in [2.05, 4.69) is 14.9 Å². The molecule has 1 aromatic heterocycles. The number of carbonyl (C=O) groups is 1. The van der Waals surface area contributed by atoms with Gasteiger partial charge in [-0.15, -0.1) is 11.8 Å². The molecule has 0 saturated carbocycles. The zero-order valence-electron chi connectivity index (χ0n) is 15.4. The number of thioether (sulfide) groups is 1. The molecule has 0 spiro atoms. The maximum Gasteiger partial charge on any atom is 0.239 e. The number of nitrogens with zero attached hydrogens (tertiary/aromatic N) is 4. The molecule has 4 heterocycles. The minimum Gasteiger partial charge on any atom is -0.350 e. The molecule has 3 aliphatic heterocycles. The normalized spacial score (nSPS) is 23.9. The standard InChI is InChI=1S/C20H22ClN5OS/c21-13-3-1-12(2-4-13)7-15(22)20(27)25-5-6-26-14(9-25)8-17-18-16(10-28-17)23-11-24-19(18)26/h1-4,11,14-15,17H,5-10,22H2/t14-,15+,17+/m0/s1. The summed E-state index contributed by atoms with van der Waals surface area (Å²) in [6, 6.07) is 7.30. The smallest absolute Gasteiger partial charge is 0.239 e. The van der Waals surface area contributed by atoms with E-state index in [0.717, 1.165) is 30.1 Å². The number of halogens is 1. The largest absolute Gasteiger partial charge is 0.350 e. The summed E-state index contributed by atoms with van der Waals surface area (Å²) in [5.74, 6) is 2.07. The summed E-state index contributed by atoms with van der Waals surface area (Å²) in [7, 11) is 0. The van der Waals surface area contributed by atoms with Crippen LogP contribution in [0.25, 0.3) is 0 Å². The van der Waals surface area contributed by atoms with E-state index in [9.17, 15) is 4.79 Å². The Morgan fingerprint density at radius 3 is 2.93 bits per heavy atom. The van der Waals surface area contributed by atoms with Gasteiger partial charge in [0.2, 0.25) is 5.91 Å². The molecule has 3 aliphatic rings. The number of fused-ring (bicyclic) bond motifs is 2. The van der Waals surface area contributed by atoms with Crippen molar-refractivity contribution in [3.05, 3.63) is 52.4 Å². The lowest BCUT2D eigenvalue weighted by Crippen LogP contribution is -2.59. The predicted octanol–water partition coefficient (Wildman–Crippen LogP) is 2.41. The minimum absolute atomic E-state index is 0.0304. The first-order valence-corrected chi connectivity index (χ1v) is 11.0. The van der Waals surface area contributed by atoms with E-state index in [0.29, 0.717) is 35.8 Å². The second-order valence-electron chi connectivity index (χ2n) is 7.66. The Labute approximate surface area is 173 Å². The van der Waals surface area contributed by atoms with Crippen LogP contribution in [0.4, 0.5) is 5.82 Å². The average Bonchev–Trinajstić information content (AvgIpc) is 3.13. The molecule has 1 aromatic carbocycles. The quantitative estimate of drug-likeness (QED) is 0.829. The summed E-state index contributed by atoms with van der Waals surface area (Å²) >= 11 is 7.88. The van der Waals surface area contributed by atoms with Gasteiger partial charge in [0.25, 0.3) is 0 Å². The molecular formula is C20H22ClN5OS. The van der Waals surface area contributed by atoms with E-state index in [4.69, 9.17) is 17.3 Å². The molecule has 0 bridgehead atoms. The topological polar surface area (TPSA) is 75.4 Å². The van der Waals surface area contributed by atoms with Crippen molar-refractivity contribution in [2.24, 2.45) is 5.73 Å². The highest BCUT2D eigenvalue weighted by atomic mass is 35.5. The molecular weight excluding hydrogens is 394 g/mol. The predicted molar refractivity (Wildman–Crippen MR) is 112 cm³/mol. The van der Waals surface area contributed by atoms with Crippen LogP contribution in [0, 0.1) is 0 Å². The monoisotopic (exact) mass is 415 g/mol. The van der Waals surface area contributed by atoms with Crippen LogP contribution < -0.4 is 10.6 Å². The molecule has 1 fully saturated rings. The van der Waals surface area contributed by atoms with Crippen LogP contribution in [0.15, 0.2) is 30.6 Å². The summed E-state index contributed by atoms with van der Waals surface area (Å²) in [5, 5.41) is 1.14. The maximum absolute atomic E-state index is 13.0. The van der Waals surface area contributed by atoms with Crippen molar-refractivity contribution in [2.45, 2.75) is 35.9 Å². The first-order valence-electron chi connectivity index (χ1n) is 9.61. The Morgan fingerprint density at radius 2 is 2.11 bits per heavy atom. The Kier molecular flexibility index (Phi) is 4.69. The Balaban J connectivity index is 1.28. The van der Waals surface area contributed by atoms with Crippen LogP contribution in [0.2, 0.25) is 5.02 Å². The summed E-state index contributed by atoms with van der Waals surface area (Å²) in [6.45, 7) is 2.19. The molecule has 6 nitrogen and oxygen atoms in total. The summed E-state index contributed by atoms with van der Waals surface area (Å²) in [5.41, 5.74) is 9.80. The third-order valence-corrected chi connectivity index (χ3v) is 7.45. The molecule has 3 atom stereocenters. The van der Waals surface area contributed by atoms with Gasteiger partial charge in [-0.25, -0.2) is 9.97 Å². The van der Waals surface area contributed by atoms with E-state index < -0.39 is 6.04 Å². The molecule has 146 valence electrons. The molecule has 28 heavy (non-hydrogen) atoms. The molecule has 5 rings (SSSR count). The third-order valence-electron chi connectivity index (χ3n) is 5.93. The Bertz CT molecular complexity index is 908.